The van der Waals surface area contributed by atoms with Gasteiger partial charge in [0.15, 0.2) is 0 Å². The zero-order valence-electron chi connectivity index (χ0n) is 29.2. The minimum Gasteiger partial charge on any atom is -0.490 e. The van der Waals surface area contributed by atoms with Gasteiger partial charge in [-0.15, -0.1) is 0 Å². The van der Waals surface area contributed by atoms with E-state index in [-0.39, 0.29) is 12.3 Å². The fourth-order valence-corrected chi connectivity index (χ4v) is 5.34. The van der Waals surface area contributed by atoms with Gasteiger partial charge in [-0.3, -0.25) is 15.1 Å². The number of ether oxygens (including phenoxy) is 3. The normalized spacial score (nSPS) is 12.3. The summed E-state index contributed by atoms with van der Waals surface area (Å²) in [6.07, 6.45) is 0.888. The number of aromatic nitrogens is 3. The molecule has 0 saturated heterocycles. The summed E-state index contributed by atoms with van der Waals surface area (Å²) in [7, 11) is 0. The number of fused-ring (bicyclic) bond motifs is 1. The van der Waals surface area contributed by atoms with Crippen LogP contribution in [0.4, 0.5) is 15.3 Å². The number of carbonyl (C=O) groups is 2. The average Bonchev–Trinajstić information content (AvgIpc) is 3.38. The van der Waals surface area contributed by atoms with Crippen molar-refractivity contribution in [3.8, 4) is 28.1 Å². The highest BCUT2D eigenvalue weighted by molar-refractivity contribution is 5.94. The minimum atomic E-state index is -0.703. The van der Waals surface area contributed by atoms with Crippen molar-refractivity contribution in [1.82, 2.24) is 20.1 Å². The number of hydrogen-bond donors (Lipinski definition) is 1. The molecular weight excluding hydrogens is 638 g/mol. The van der Waals surface area contributed by atoms with Gasteiger partial charge in [-0.2, -0.15) is 9.78 Å². The van der Waals surface area contributed by atoms with E-state index in [2.05, 4.69) is 10.4 Å². The summed E-state index contributed by atoms with van der Waals surface area (Å²) >= 11 is 0. The van der Waals surface area contributed by atoms with Crippen LogP contribution in [0.2, 0.25) is 0 Å². The molecule has 0 radical (unpaired) electrons. The summed E-state index contributed by atoms with van der Waals surface area (Å²) in [5.74, 6) is 0.416. The van der Waals surface area contributed by atoms with Gasteiger partial charge in [0, 0.05) is 28.6 Å². The number of carbonyl (C=O) groups excluding carboxylic acids is 2. The third kappa shape index (κ3) is 9.01. The van der Waals surface area contributed by atoms with E-state index >= 15 is 0 Å². The highest BCUT2D eigenvalue weighted by Gasteiger charge is 2.24. The van der Waals surface area contributed by atoms with Crippen molar-refractivity contribution in [2.45, 2.75) is 72.1 Å². The van der Waals surface area contributed by atoms with Gasteiger partial charge in [0.25, 0.3) is 5.69 Å². The molecule has 3 aromatic carbocycles. The second kappa shape index (κ2) is 14.4. The second-order valence-electron chi connectivity index (χ2n) is 13.9. The van der Waals surface area contributed by atoms with Crippen LogP contribution >= 0.6 is 0 Å². The van der Waals surface area contributed by atoms with Gasteiger partial charge < -0.3 is 19.5 Å². The third-order valence-electron chi connectivity index (χ3n) is 7.43. The number of non-ortho nitro benzene ring substituents is 1. The molecule has 12 nitrogen and oxygen atoms in total. The fraction of sp³-hybridized carbons (Fsp3) is 0.316. The van der Waals surface area contributed by atoms with Gasteiger partial charge in [0.05, 0.1) is 34.1 Å². The minimum absolute atomic E-state index is 0.0718. The Morgan fingerprint density at radius 3 is 2.30 bits per heavy atom. The van der Waals surface area contributed by atoms with Crippen LogP contribution in [0.1, 0.15) is 52.8 Å². The molecule has 0 aliphatic carbocycles. The molecule has 0 fully saturated rings. The van der Waals surface area contributed by atoms with Gasteiger partial charge in [0.1, 0.15) is 23.6 Å². The lowest BCUT2D eigenvalue weighted by atomic mass is 9.97. The lowest BCUT2D eigenvalue weighted by Gasteiger charge is -2.24. The molecule has 0 unspecified atom stereocenters. The quantitative estimate of drug-likeness (QED) is 0.120. The van der Waals surface area contributed by atoms with Gasteiger partial charge in [-0.25, -0.2) is 9.59 Å². The number of benzene rings is 3. The molecule has 0 spiro atoms. The van der Waals surface area contributed by atoms with E-state index in [1.165, 1.54) is 16.8 Å². The van der Waals surface area contributed by atoms with Crippen LogP contribution in [0.3, 0.4) is 0 Å². The maximum Gasteiger partial charge on any atom is 0.435 e. The summed E-state index contributed by atoms with van der Waals surface area (Å²) < 4.78 is 18.6. The van der Waals surface area contributed by atoms with E-state index < -0.39 is 34.4 Å². The number of amides is 1. The Morgan fingerprint density at radius 2 is 1.62 bits per heavy atom. The standard InChI is InChI=1S/C38H41N5O7/c1-24-31-20-26(16-17-33(31)42(41-24)36(45)50-38(5,6)7)32-21-30(22-39-34(32)27-14-11-15-29(19-27)43(46)47)48-23-28(18-25-12-9-8-10-13-25)40-35(44)49-37(2,3)4/h8-17,19-22,28H,18,23H2,1-7H3,(H,40,44)/t28-/m0/s1. The maximum absolute atomic E-state index is 13.0. The van der Waals surface area contributed by atoms with E-state index in [0.717, 1.165) is 11.1 Å². The van der Waals surface area contributed by atoms with Gasteiger partial charge in [-0.05, 0) is 84.2 Å². The first-order valence-corrected chi connectivity index (χ1v) is 16.2. The van der Waals surface area contributed by atoms with Crippen molar-refractivity contribution in [3.05, 3.63) is 106 Å². The van der Waals surface area contributed by atoms with Crippen molar-refractivity contribution in [1.29, 1.82) is 0 Å². The average molecular weight is 680 g/mol. The Kier molecular flexibility index (Phi) is 10.2. The van der Waals surface area contributed by atoms with Gasteiger partial charge in [0.2, 0.25) is 0 Å². The van der Waals surface area contributed by atoms with Crippen LogP contribution in [-0.4, -0.2) is 55.7 Å². The number of nitro groups is 1. The van der Waals surface area contributed by atoms with Crippen molar-refractivity contribution in [2.24, 2.45) is 0 Å². The topological polar surface area (TPSA) is 148 Å². The third-order valence-corrected chi connectivity index (χ3v) is 7.43. The van der Waals surface area contributed by atoms with Crippen molar-refractivity contribution in [2.75, 3.05) is 6.61 Å². The molecular formula is C38H41N5O7. The largest absolute Gasteiger partial charge is 0.490 e. The first-order valence-electron chi connectivity index (χ1n) is 16.2. The highest BCUT2D eigenvalue weighted by atomic mass is 16.6. The van der Waals surface area contributed by atoms with Crippen molar-refractivity contribution < 1.29 is 28.7 Å². The molecule has 2 heterocycles. The first kappa shape index (κ1) is 35.5. The zero-order chi connectivity index (χ0) is 36.2. The smallest absolute Gasteiger partial charge is 0.435 e. The van der Waals surface area contributed by atoms with E-state index in [9.17, 15) is 19.7 Å². The van der Waals surface area contributed by atoms with Gasteiger partial charge >= 0.3 is 12.2 Å². The molecule has 260 valence electrons. The number of nitro benzene ring substituents is 1. The number of pyridine rings is 1. The summed E-state index contributed by atoms with van der Waals surface area (Å²) in [5, 5.41) is 19.7. The molecule has 1 atom stereocenters. The number of nitrogens with one attached hydrogen (secondary N) is 1. The second-order valence-corrected chi connectivity index (χ2v) is 13.9. The Bertz CT molecular complexity index is 2030. The predicted molar refractivity (Wildman–Crippen MR) is 190 cm³/mol. The summed E-state index contributed by atoms with van der Waals surface area (Å²) in [6, 6.07) is 22.8. The van der Waals surface area contributed by atoms with Gasteiger partial charge in [-0.1, -0.05) is 48.5 Å². The molecule has 5 aromatic rings. The van der Waals surface area contributed by atoms with Crippen LogP contribution in [0.15, 0.2) is 85.1 Å². The number of nitrogens with zero attached hydrogens (tertiary/aromatic N) is 4. The van der Waals surface area contributed by atoms with Crippen LogP contribution in [0.25, 0.3) is 33.3 Å². The van der Waals surface area contributed by atoms with Crippen LogP contribution in [-0.2, 0) is 15.9 Å². The molecule has 0 bridgehead atoms. The van der Waals surface area contributed by atoms with E-state index in [0.29, 0.717) is 45.6 Å². The van der Waals surface area contributed by atoms with Crippen molar-refractivity contribution in [3.63, 3.8) is 0 Å². The summed E-state index contributed by atoms with van der Waals surface area (Å²) in [4.78, 5) is 41.6. The first-order chi connectivity index (χ1) is 23.6. The molecule has 5 rings (SSSR count). The zero-order valence-corrected chi connectivity index (χ0v) is 29.2. The van der Waals surface area contributed by atoms with E-state index in [1.54, 1.807) is 72.9 Å². The Morgan fingerprint density at radius 1 is 0.900 bits per heavy atom. The fourth-order valence-electron chi connectivity index (χ4n) is 5.34. The Balaban J connectivity index is 1.52. The number of aryl methyl sites for hydroxylation is 1. The lowest BCUT2D eigenvalue weighted by molar-refractivity contribution is -0.384. The van der Waals surface area contributed by atoms with E-state index in [1.807, 2.05) is 48.5 Å². The summed E-state index contributed by atoms with van der Waals surface area (Å²) in [6.45, 7) is 12.7. The number of rotatable bonds is 9. The van der Waals surface area contributed by atoms with Crippen LogP contribution in [0.5, 0.6) is 5.75 Å². The van der Waals surface area contributed by atoms with Crippen LogP contribution < -0.4 is 10.1 Å². The molecule has 2 aromatic heterocycles. The molecule has 50 heavy (non-hydrogen) atoms. The molecule has 1 amide bonds. The Hall–Kier alpha value is -5.78. The molecule has 0 aliphatic rings. The monoisotopic (exact) mass is 679 g/mol. The van der Waals surface area contributed by atoms with Crippen LogP contribution in [0, 0.1) is 17.0 Å². The number of hydrogen-bond acceptors (Lipinski definition) is 9. The molecule has 0 aliphatic heterocycles. The molecule has 0 saturated carbocycles. The number of alkyl carbamates (subject to hydrolysis) is 1. The Labute approximate surface area is 290 Å². The van der Waals surface area contributed by atoms with E-state index in [4.69, 9.17) is 19.2 Å². The molecule has 1 N–H and O–H groups in total. The summed E-state index contributed by atoms with van der Waals surface area (Å²) in [5.41, 5.74) is 3.12. The van der Waals surface area contributed by atoms with Crippen molar-refractivity contribution >= 4 is 28.8 Å². The predicted octanol–water partition coefficient (Wildman–Crippen LogP) is 8.28. The SMILES string of the molecule is Cc1nn(C(=O)OC(C)(C)C)c2ccc(-c3cc(OC[C@H](Cc4ccccc4)NC(=O)OC(C)(C)C)cnc3-c3cccc([N+](=O)[O-])c3)cc12. The highest BCUT2D eigenvalue weighted by Crippen LogP contribution is 2.36. The lowest BCUT2D eigenvalue weighted by Crippen LogP contribution is -2.43. The molecule has 12 heteroatoms. The maximum atomic E-state index is 13.0.